The molecule has 0 aliphatic rings. The van der Waals surface area contributed by atoms with Crippen molar-refractivity contribution >= 4 is 53.9 Å². The predicted molar refractivity (Wildman–Crippen MR) is 17.9 cm³/mol. The van der Waals surface area contributed by atoms with E-state index in [2.05, 4.69) is 0 Å². The van der Waals surface area contributed by atoms with Gasteiger partial charge >= 0.3 is 53.9 Å². The van der Waals surface area contributed by atoms with E-state index in [4.69, 9.17) is 0 Å². The number of hydrogen-bond acceptors (Lipinski definition) is 0. The molecule has 0 rings (SSSR count). The fraction of sp³-hybridized carbons (Fsp3) is 0. The molecule has 0 nitrogen and oxygen atoms in total. The topological polar surface area (TPSA) is 0 Å². The quantitative estimate of drug-likeness (QED) is 0.359. The Morgan fingerprint density at radius 1 is 1.25 bits per heavy atom. The molecule has 0 aliphatic carbocycles. The van der Waals surface area contributed by atoms with Gasteiger partial charge in [-0.3, -0.25) is 0 Å². The molecule has 0 aliphatic heterocycles. The molecule has 0 fully saturated rings. The van der Waals surface area contributed by atoms with Crippen molar-refractivity contribution in [3.05, 3.63) is 0 Å². The van der Waals surface area contributed by atoms with Crippen LogP contribution in [0.15, 0.2) is 0 Å². The molecule has 0 aromatic rings. The van der Waals surface area contributed by atoms with Crippen molar-refractivity contribution in [1.82, 2.24) is 0 Å². The van der Waals surface area contributed by atoms with Crippen molar-refractivity contribution < 1.29 is 7.05 Å². The monoisotopic (exact) mass is 108 g/mol. The third-order valence-corrected chi connectivity index (χ3v) is 0. The third-order valence-electron chi connectivity index (χ3n) is 0. The van der Waals surface area contributed by atoms with Crippen LogP contribution < -0.4 is 0 Å². The van der Waals surface area contributed by atoms with Crippen LogP contribution in [0.4, 0.5) is 7.05 Å². The first-order valence-electron chi connectivity index (χ1n) is 0.535. The standard InChI is InChI=1S/Al.Ca.2FH.3H/h;;2*1H;;;/q+2;;;;;;/p-2. The first-order valence-corrected chi connectivity index (χ1v) is 1.60. The largest absolute Gasteiger partial charge is 0.732 e. The third kappa shape index (κ3) is 9.41. The molecule has 0 bridgehead atoms. The molecule has 0 saturated heterocycles. The maximum absolute atomic E-state index is 9.76. The minimum absolute atomic E-state index is 0. The maximum atomic E-state index is 9.76. The molecule has 0 heterocycles. The molecule has 0 spiro atoms. The molecule has 0 unspecified atom stereocenters. The molecule has 0 amide bonds. The fourth-order valence-electron chi connectivity index (χ4n) is 0. The second-order valence-electron chi connectivity index (χ2n) is 0.101. The van der Waals surface area contributed by atoms with Gasteiger partial charge in [0.1, 0.15) is 0 Å². The van der Waals surface area contributed by atoms with Crippen molar-refractivity contribution in [1.29, 1.82) is 0 Å². The summed E-state index contributed by atoms with van der Waals surface area (Å²) in [4.78, 5) is 0. The smallest absolute Gasteiger partial charge is 0.377 e. The summed E-state index contributed by atoms with van der Waals surface area (Å²) in [6, 6.07) is 0. The van der Waals surface area contributed by atoms with Crippen LogP contribution >= 0.6 is 0 Å². The zero-order chi connectivity index (χ0) is 2.71. The summed E-state index contributed by atoms with van der Waals surface area (Å²) in [5.41, 5.74) is 0. The Hall–Kier alpha value is 1.65. The van der Waals surface area contributed by atoms with E-state index in [0.29, 0.717) is 0 Å². The fourth-order valence-corrected chi connectivity index (χ4v) is 0. The average Bonchev–Trinajstić information content (AvgIpc) is 0.918. The van der Waals surface area contributed by atoms with E-state index >= 15 is 0 Å². The van der Waals surface area contributed by atoms with Crippen LogP contribution in [0.2, 0.25) is 0 Å². The summed E-state index contributed by atoms with van der Waals surface area (Å²) >= 11 is -2.58. The molecule has 0 radical (unpaired) electrons. The van der Waals surface area contributed by atoms with E-state index in [1.807, 2.05) is 0 Å². The Labute approximate surface area is 60.2 Å². The Bertz CT molecular complexity index is 6.00. The van der Waals surface area contributed by atoms with Crippen molar-refractivity contribution in [3.63, 3.8) is 0 Å². The Morgan fingerprint density at radius 2 is 1.25 bits per heavy atom. The van der Waals surface area contributed by atoms with Crippen LogP contribution in [-0.4, -0.2) is 53.9 Å². The van der Waals surface area contributed by atoms with Crippen LogP contribution in [0, 0.1) is 0 Å². The number of hydrogen-bond donors (Lipinski definition) is 0. The molecule has 4 heteroatoms. The summed E-state index contributed by atoms with van der Waals surface area (Å²) in [6.45, 7) is 0. The van der Waals surface area contributed by atoms with Gasteiger partial charge in [0.15, 0.2) is 0 Å². The number of rotatable bonds is 0. The van der Waals surface area contributed by atoms with E-state index in [-0.39, 0.29) is 37.7 Å². The molecular formula is H3AlCaF2. The zero-order valence-electron chi connectivity index (χ0n) is 1.46. The zero-order valence-corrected chi connectivity index (χ0v) is 2.88. The molecule has 0 atom stereocenters. The van der Waals surface area contributed by atoms with Gasteiger partial charge in [0.2, 0.25) is 0 Å². The molecule has 0 aromatic heterocycles. The van der Waals surface area contributed by atoms with Crippen LogP contribution in [0.1, 0.15) is 0 Å². The molecular weight excluding hydrogens is 105 g/mol. The second-order valence-corrected chi connectivity index (χ2v) is 0.303. The Morgan fingerprint density at radius 3 is 1.25 bits per heavy atom. The maximum Gasteiger partial charge on any atom is 0.732 e. The minimum Gasteiger partial charge on any atom is -0.377 e. The summed E-state index contributed by atoms with van der Waals surface area (Å²) in [5, 5.41) is 0. The Balaban J connectivity index is 0. The van der Waals surface area contributed by atoms with Crippen LogP contribution in [0.25, 0.3) is 0 Å². The average molecular weight is 108 g/mol. The predicted octanol–water partition coefficient (Wildman–Crippen LogP) is -0.724. The van der Waals surface area contributed by atoms with Crippen molar-refractivity contribution in [2.45, 2.75) is 0 Å². The summed E-state index contributed by atoms with van der Waals surface area (Å²) in [7, 11) is 0. The minimum atomic E-state index is -2.58. The van der Waals surface area contributed by atoms with Crippen molar-refractivity contribution in [2.75, 3.05) is 0 Å². The summed E-state index contributed by atoms with van der Waals surface area (Å²) < 4.78 is 19.5. The van der Waals surface area contributed by atoms with Gasteiger partial charge in [-0.2, -0.15) is 0 Å². The normalized spacial score (nSPS) is 3.50. The van der Waals surface area contributed by atoms with Gasteiger partial charge in [-0.15, -0.1) is 0 Å². The van der Waals surface area contributed by atoms with Gasteiger partial charge in [0, 0.05) is 0 Å². The van der Waals surface area contributed by atoms with Crippen LogP contribution in [-0.2, 0) is 0 Å². The Kier molecular flexibility index (Phi) is 20.2. The second kappa shape index (κ2) is 8.82. The van der Waals surface area contributed by atoms with E-state index < -0.39 is 16.1 Å². The molecule has 0 N–H and O–H groups in total. The molecule has 0 saturated carbocycles. The van der Waals surface area contributed by atoms with E-state index in [1.54, 1.807) is 0 Å². The van der Waals surface area contributed by atoms with Gasteiger partial charge in [0.25, 0.3) is 0 Å². The van der Waals surface area contributed by atoms with Gasteiger partial charge < -0.3 is 7.05 Å². The summed E-state index contributed by atoms with van der Waals surface area (Å²) in [5.74, 6) is 0. The first-order chi connectivity index (χ1) is 1.41. The summed E-state index contributed by atoms with van der Waals surface area (Å²) in [6.07, 6.45) is 0. The van der Waals surface area contributed by atoms with Crippen molar-refractivity contribution in [2.24, 2.45) is 0 Å². The van der Waals surface area contributed by atoms with Crippen LogP contribution in [0.5, 0.6) is 0 Å². The van der Waals surface area contributed by atoms with E-state index in [0.717, 1.165) is 0 Å². The van der Waals surface area contributed by atoms with Gasteiger partial charge in [-0.25, -0.2) is 0 Å². The van der Waals surface area contributed by atoms with E-state index in [1.165, 1.54) is 0 Å². The molecule has 22 valence electrons. The number of halogens is 2. The van der Waals surface area contributed by atoms with E-state index in [9.17, 15) is 7.05 Å². The van der Waals surface area contributed by atoms with Crippen LogP contribution in [0.3, 0.4) is 0 Å². The van der Waals surface area contributed by atoms with Crippen molar-refractivity contribution in [3.8, 4) is 0 Å². The molecule has 4 heavy (non-hydrogen) atoms. The first kappa shape index (κ1) is 9.17. The van der Waals surface area contributed by atoms with Gasteiger partial charge in [-0.05, 0) is 0 Å². The van der Waals surface area contributed by atoms with Gasteiger partial charge in [0.05, 0.1) is 0 Å². The SMILES string of the molecule is [CaH2].[F][AlH][F]. The van der Waals surface area contributed by atoms with Gasteiger partial charge in [-0.1, -0.05) is 0 Å². The molecule has 0 aromatic carbocycles.